The van der Waals surface area contributed by atoms with Crippen LogP contribution in [0.2, 0.25) is 5.02 Å². The number of halogens is 4. The number of rotatable bonds is 6. The number of hydrogen-bond donors (Lipinski definition) is 1. The van der Waals surface area contributed by atoms with E-state index in [1.54, 1.807) is 18.7 Å². The second-order valence-electron chi connectivity index (χ2n) is 6.87. The van der Waals surface area contributed by atoms with Gasteiger partial charge in [0.15, 0.2) is 0 Å². The first-order valence-corrected chi connectivity index (χ1v) is 9.76. The highest BCUT2D eigenvalue weighted by Gasteiger charge is 2.34. The van der Waals surface area contributed by atoms with Crippen LogP contribution in [0.4, 0.5) is 24.8 Å². The average molecular weight is 426 g/mol. The molecule has 0 spiro atoms. The zero-order chi connectivity index (χ0) is 21.3. The molecule has 0 aliphatic rings. The fourth-order valence-corrected chi connectivity index (χ4v) is 3.81. The number of aromatic nitrogens is 2. The third kappa shape index (κ3) is 4.01. The smallest absolute Gasteiger partial charge is 0.418 e. The van der Waals surface area contributed by atoms with Crippen LogP contribution in [-0.4, -0.2) is 16.7 Å². The van der Waals surface area contributed by atoms with Crippen molar-refractivity contribution in [3.8, 4) is 5.75 Å². The first kappa shape index (κ1) is 21.3. The number of hydrogen-bond acceptors (Lipinski definition) is 3. The van der Waals surface area contributed by atoms with Crippen LogP contribution >= 0.6 is 11.6 Å². The highest BCUT2D eigenvalue weighted by atomic mass is 35.5. The summed E-state index contributed by atoms with van der Waals surface area (Å²) in [7, 11) is 3.33. The van der Waals surface area contributed by atoms with E-state index >= 15 is 0 Å². The average Bonchev–Trinajstić information content (AvgIpc) is 3.00. The fraction of sp³-hybridized carbons (Fsp3) is 0.381. The Hall–Kier alpha value is -2.41. The summed E-state index contributed by atoms with van der Waals surface area (Å²) in [5.74, 6) is 1.18. The minimum Gasteiger partial charge on any atom is -0.494 e. The first-order valence-electron chi connectivity index (χ1n) is 9.38. The van der Waals surface area contributed by atoms with Gasteiger partial charge >= 0.3 is 6.18 Å². The van der Waals surface area contributed by atoms with E-state index in [9.17, 15) is 13.2 Å². The quantitative estimate of drug-likeness (QED) is 0.466. The number of nitrogens with zero attached hydrogens (tertiary/aromatic N) is 2. The van der Waals surface area contributed by atoms with Crippen LogP contribution in [0, 0.1) is 0 Å². The molecule has 0 bridgehead atoms. The van der Waals surface area contributed by atoms with Gasteiger partial charge in [-0.05, 0) is 48.6 Å². The Bertz CT molecular complexity index is 1030. The summed E-state index contributed by atoms with van der Waals surface area (Å²) in [5, 5.41) is 2.85. The Labute approximate surface area is 172 Å². The van der Waals surface area contributed by atoms with Crippen molar-refractivity contribution in [1.29, 1.82) is 0 Å². The van der Waals surface area contributed by atoms with Crippen molar-refractivity contribution in [1.82, 2.24) is 9.55 Å². The van der Waals surface area contributed by atoms with E-state index in [1.165, 1.54) is 12.1 Å². The molecule has 2 aromatic carbocycles. The van der Waals surface area contributed by atoms with E-state index in [0.717, 1.165) is 30.0 Å². The number of nitrogens with one attached hydrogen (secondary N) is 1. The van der Waals surface area contributed by atoms with Gasteiger partial charge in [-0.1, -0.05) is 31.5 Å². The molecule has 156 valence electrons. The molecule has 3 rings (SSSR count). The Balaban J connectivity index is 2.18. The molecule has 1 aromatic heterocycles. The largest absolute Gasteiger partial charge is 0.494 e. The Morgan fingerprint density at radius 3 is 2.45 bits per heavy atom. The summed E-state index contributed by atoms with van der Waals surface area (Å²) in [5.41, 5.74) is 1.61. The van der Waals surface area contributed by atoms with Gasteiger partial charge < -0.3 is 14.6 Å². The van der Waals surface area contributed by atoms with E-state index in [4.69, 9.17) is 16.3 Å². The summed E-state index contributed by atoms with van der Waals surface area (Å²) < 4.78 is 47.6. The maximum atomic E-state index is 13.5. The molecule has 0 fully saturated rings. The Morgan fingerprint density at radius 1 is 1.17 bits per heavy atom. The molecule has 8 heteroatoms. The van der Waals surface area contributed by atoms with Gasteiger partial charge in [-0.2, -0.15) is 13.2 Å². The van der Waals surface area contributed by atoms with Crippen LogP contribution in [0.1, 0.15) is 43.7 Å². The van der Waals surface area contributed by atoms with Gasteiger partial charge in [-0.25, -0.2) is 4.98 Å². The molecule has 0 saturated carbocycles. The van der Waals surface area contributed by atoms with Crippen LogP contribution in [0.3, 0.4) is 0 Å². The summed E-state index contributed by atoms with van der Waals surface area (Å²) in [4.78, 5) is 4.56. The SMILES string of the molecule is CCC(CC)c1ccc(OC)c2nc(Nc3ccc(Cl)cc3C(F)(F)F)n(C)c12. The lowest BCUT2D eigenvalue weighted by molar-refractivity contribution is -0.136. The number of aryl methyl sites for hydroxylation is 1. The molecule has 0 unspecified atom stereocenters. The van der Waals surface area contributed by atoms with Gasteiger partial charge in [-0.15, -0.1) is 0 Å². The van der Waals surface area contributed by atoms with Crippen LogP contribution in [0.25, 0.3) is 11.0 Å². The van der Waals surface area contributed by atoms with Crippen LogP contribution < -0.4 is 10.1 Å². The minimum absolute atomic E-state index is 0.0190. The summed E-state index contributed by atoms with van der Waals surface area (Å²) >= 11 is 5.78. The van der Waals surface area contributed by atoms with Crippen LogP contribution in [0.5, 0.6) is 5.75 Å². The van der Waals surface area contributed by atoms with E-state index in [1.807, 2.05) is 12.1 Å². The second-order valence-corrected chi connectivity index (χ2v) is 7.31. The van der Waals surface area contributed by atoms with Gasteiger partial charge in [0, 0.05) is 12.1 Å². The Morgan fingerprint density at radius 2 is 1.86 bits per heavy atom. The monoisotopic (exact) mass is 425 g/mol. The third-order valence-electron chi connectivity index (χ3n) is 5.20. The lowest BCUT2D eigenvalue weighted by Crippen LogP contribution is -2.10. The predicted octanol–water partition coefficient (Wildman–Crippen LogP) is 6.90. The summed E-state index contributed by atoms with van der Waals surface area (Å²) in [6.45, 7) is 4.23. The standard InChI is InChI=1S/C21H23ClF3N3O/c1-5-12(6-2)14-8-10-17(29-4)18-19(14)28(3)20(27-18)26-16-9-7-13(22)11-15(16)21(23,24)25/h7-12H,5-6H2,1-4H3,(H,26,27). The molecule has 4 nitrogen and oxygen atoms in total. The first-order chi connectivity index (χ1) is 13.7. The van der Waals surface area contributed by atoms with E-state index in [-0.39, 0.29) is 10.7 Å². The number of anilines is 2. The van der Waals surface area contributed by atoms with Crippen molar-refractivity contribution in [3.63, 3.8) is 0 Å². The molecule has 0 aliphatic heterocycles. The lowest BCUT2D eigenvalue weighted by Gasteiger charge is -2.17. The van der Waals surface area contributed by atoms with Crippen LogP contribution in [0.15, 0.2) is 30.3 Å². The molecule has 0 atom stereocenters. The van der Waals surface area contributed by atoms with E-state index in [0.29, 0.717) is 23.1 Å². The second kappa shape index (κ2) is 8.14. The lowest BCUT2D eigenvalue weighted by atomic mass is 9.92. The van der Waals surface area contributed by atoms with Crippen molar-refractivity contribution in [2.75, 3.05) is 12.4 Å². The van der Waals surface area contributed by atoms with Crippen LogP contribution in [-0.2, 0) is 13.2 Å². The molecule has 29 heavy (non-hydrogen) atoms. The zero-order valence-electron chi connectivity index (χ0n) is 16.7. The van der Waals surface area contributed by atoms with Gasteiger partial charge in [-0.3, -0.25) is 0 Å². The number of alkyl halides is 3. The van der Waals surface area contributed by atoms with Gasteiger partial charge in [0.25, 0.3) is 0 Å². The highest BCUT2D eigenvalue weighted by molar-refractivity contribution is 6.30. The topological polar surface area (TPSA) is 39.1 Å². The van der Waals surface area contributed by atoms with Crippen molar-refractivity contribution >= 4 is 34.3 Å². The number of benzene rings is 2. The molecule has 1 N–H and O–H groups in total. The molecule has 1 heterocycles. The molecule has 0 amide bonds. The highest BCUT2D eigenvalue weighted by Crippen LogP contribution is 2.40. The summed E-state index contributed by atoms with van der Waals surface area (Å²) in [6, 6.07) is 7.49. The van der Waals surface area contributed by atoms with Crippen molar-refractivity contribution < 1.29 is 17.9 Å². The molecular weight excluding hydrogens is 403 g/mol. The van der Waals surface area contributed by atoms with Crippen molar-refractivity contribution in [2.45, 2.75) is 38.8 Å². The van der Waals surface area contributed by atoms with Gasteiger partial charge in [0.2, 0.25) is 5.95 Å². The van der Waals surface area contributed by atoms with Gasteiger partial charge in [0.05, 0.1) is 23.9 Å². The van der Waals surface area contributed by atoms with E-state index < -0.39 is 11.7 Å². The number of ether oxygens (including phenoxy) is 1. The molecule has 0 aliphatic carbocycles. The third-order valence-corrected chi connectivity index (χ3v) is 5.43. The number of fused-ring (bicyclic) bond motifs is 1. The number of imidazole rings is 1. The fourth-order valence-electron chi connectivity index (χ4n) is 3.64. The van der Waals surface area contributed by atoms with E-state index in [2.05, 4.69) is 24.1 Å². The molecular formula is C21H23ClF3N3O. The maximum absolute atomic E-state index is 13.5. The number of methoxy groups -OCH3 is 1. The summed E-state index contributed by atoms with van der Waals surface area (Å²) in [6.07, 6.45) is -2.65. The van der Waals surface area contributed by atoms with Crippen molar-refractivity contribution in [2.24, 2.45) is 7.05 Å². The molecule has 0 saturated heterocycles. The maximum Gasteiger partial charge on any atom is 0.418 e. The van der Waals surface area contributed by atoms with Gasteiger partial charge in [0.1, 0.15) is 11.3 Å². The molecule has 0 radical (unpaired) electrons. The predicted molar refractivity (Wildman–Crippen MR) is 110 cm³/mol. The Kier molecular flexibility index (Phi) is 5.98. The van der Waals surface area contributed by atoms with Crippen molar-refractivity contribution in [3.05, 3.63) is 46.5 Å². The normalized spacial score (nSPS) is 12.0. The molecule has 3 aromatic rings. The minimum atomic E-state index is -4.55. The zero-order valence-corrected chi connectivity index (χ0v) is 17.4.